The van der Waals surface area contributed by atoms with E-state index in [2.05, 4.69) is 10.5 Å². The molecule has 0 radical (unpaired) electrons. The second-order valence-electron chi connectivity index (χ2n) is 4.38. The summed E-state index contributed by atoms with van der Waals surface area (Å²) in [6, 6.07) is 15.9. The highest BCUT2D eigenvalue weighted by molar-refractivity contribution is 6.00. The molecule has 5 heteroatoms. The zero-order chi connectivity index (χ0) is 14.7. The summed E-state index contributed by atoms with van der Waals surface area (Å²) in [4.78, 5) is 11.8. The molecule has 0 saturated carbocycles. The van der Waals surface area contributed by atoms with Gasteiger partial charge in [-0.3, -0.25) is 4.79 Å². The van der Waals surface area contributed by atoms with Gasteiger partial charge in [-0.25, -0.2) is 5.43 Å². The van der Waals surface area contributed by atoms with Crippen LogP contribution in [0.4, 0.5) is 0 Å². The normalized spacial score (nSPS) is 11.0. The van der Waals surface area contributed by atoms with Crippen molar-refractivity contribution >= 4 is 22.9 Å². The fraction of sp³-hybridized carbons (Fsp3) is 0. The highest BCUT2D eigenvalue weighted by Gasteiger charge is 2.10. The lowest BCUT2D eigenvalue weighted by molar-refractivity contribution is 0.0955. The van der Waals surface area contributed by atoms with E-state index in [-0.39, 0.29) is 11.9 Å². The van der Waals surface area contributed by atoms with Gasteiger partial charge in [0.15, 0.2) is 5.76 Å². The van der Waals surface area contributed by atoms with Crippen molar-refractivity contribution in [3.8, 4) is 5.95 Å². The van der Waals surface area contributed by atoms with Gasteiger partial charge in [0.05, 0.1) is 11.6 Å². The maximum absolute atomic E-state index is 11.8. The van der Waals surface area contributed by atoms with Crippen LogP contribution in [0.25, 0.3) is 10.8 Å². The maximum atomic E-state index is 11.8. The molecule has 1 heterocycles. The number of fused-ring (bicyclic) bond motifs is 1. The van der Waals surface area contributed by atoms with E-state index < -0.39 is 0 Å². The molecule has 0 aliphatic rings. The highest BCUT2D eigenvalue weighted by atomic mass is 16.5. The largest absolute Gasteiger partial charge is 0.480 e. The van der Waals surface area contributed by atoms with E-state index in [1.165, 1.54) is 6.21 Å². The summed E-state index contributed by atoms with van der Waals surface area (Å²) >= 11 is 0. The van der Waals surface area contributed by atoms with Crippen molar-refractivity contribution in [2.24, 2.45) is 5.10 Å². The van der Waals surface area contributed by atoms with Crippen LogP contribution >= 0.6 is 0 Å². The molecule has 0 aliphatic heterocycles. The lowest BCUT2D eigenvalue weighted by Crippen LogP contribution is -2.17. The summed E-state index contributed by atoms with van der Waals surface area (Å²) in [6.45, 7) is 0. The zero-order valence-corrected chi connectivity index (χ0v) is 11.0. The standard InChI is InChI=1S/C16H12N2O3/c19-15(11-6-2-1-3-7-11)18-17-10-14-12-8-4-5-9-13(12)16(20)21-14/h1-10,20H,(H,18,19)/b17-10-. The van der Waals surface area contributed by atoms with E-state index in [9.17, 15) is 9.90 Å². The summed E-state index contributed by atoms with van der Waals surface area (Å²) in [5.41, 5.74) is 2.93. The Morgan fingerprint density at radius 2 is 1.71 bits per heavy atom. The van der Waals surface area contributed by atoms with Crippen molar-refractivity contribution < 1.29 is 14.3 Å². The number of amides is 1. The number of nitrogens with zero attached hydrogens (tertiary/aromatic N) is 1. The van der Waals surface area contributed by atoms with E-state index in [0.717, 1.165) is 5.39 Å². The van der Waals surface area contributed by atoms with E-state index in [4.69, 9.17) is 4.42 Å². The number of hydrazone groups is 1. The van der Waals surface area contributed by atoms with Crippen LogP contribution in [0.3, 0.4) is 0 Å². The Balaban J connectivity index is 1.78. The van der Waals surface area contributed by atoms with Crippen LogP contribution in [0.15, 0.2) is 64.1 Å². The number of carbonyl (C=O) groups is 1. The molecule has 0 atom stereocenters. The van der Waals surface area contributed by atoms with Crippen molar-refractivity contribution in [3.63, 3.8) is 0 Å². The summed E-state index contributed by atoms with van der Waals surface area (Å²) in [5, 5.41) is 14.8. The maximum Gasteiger partial charge on any atom is 0.290 e. The Hall–Kier alpha value is -3.08. The molecule has 0 spiro atoms. The highest BCUT2D eigenvalue weighted by Crippen LogP contribution is 2.29. The third-order valence-electron chi connectivity index (χ3n) is 3.01. The van der Waals surface area contributed by atoms with Crippen molar-refractivity contribution in [1.29, 1.82) is 0 Å². The molecule has 3 rings (SSSR count). The van der Waals surface area contributed by atoms with Gasteiger partial charge in [-0.1, -0.05) is 36.4 Å². The van der Waals surface area contributed by atoms with Crippen molar-refractivity contribution in [2.75, 3.05) is 0 Å². The summed E-state index contributed by atoms with van der Waals surface area (Å²) in [7, 11) is 0. The van der Waals surface area contributed by atoms with Crippen LogP contribution in [-0.2, 0) is 0 Å². The fourth-order valence-electron chi connectivity index (χ4n) is 2.00. The second kappa shape index (κ2) is 5.50. The summed E-state index contributed by atoms with van der Waals surface area (Å²) in [5.74, 6) is -0.0927. The molecule has 0 unspecified atom stereocenters. The summed E-state index contributed by atoms with van der Waals surface area (Å²) < 4.78 is 5.21. The lowest BCUT2D eigenvalue weighted by Gasteiger charge is -1.97. The molecule has 3 aromatic rings. The minimum atomic E-state index is -0.313. The third-order valence-corrected chi connectivity index (χ3v) is 3.01. The van der Waals surface area contributed by atoms with Gasteiger partial charge < -0.3 is 9.52 Å². The SMILES string of the molecule is O=C(N/N=C\c1oc(O)c2ccccc12)c1ccccc1. The summed E-state index contributed by atoms with van der Waals surface area (Å²) in [6.07, 6.45) is 1.36. The molecule has 0 aliphatic carbocycles. The molecular weight excluding hydrogens is 268 g/mol. The zero-order valence-electron chi connectivity index (χ0n) is 11.0. The lowest BCUT2D eigenvalue weighted by atomic mass is 10.2. The number of aromatic hydroxyl groups is 1. The van der Waals surface area contributed by atoms with E-state index >= 15 is 0 Å². The number of nitrogens with one attached hydrogen (secondary N) is 1. The molecule has 0 fully saturated rings. The molecule has 0 saturated heterocycles. The van der Waals surface area contributed by atoms with Crippen molar-refractivity contribution in [1.82, 2.24) is 5.43 Å². The van der Waals surface area contributed by atoms with Gasteiger partial charge in [0.1, 0.15) is 0 Å². The Labute approximate surface area is 120 Å². The smallest absolute Gasteiger partial charge is 0.290 e. The molecule has 2 N–H and O–H groups in total. The number of benzene rings is 2. The molecule has 104 valence electrons. The van der Waals surface area contributed by atoms with Crippen molar-refractivity contribution in [2.45, 2.75) is 0 Å². The Kier molecular flexibility index (Phi) is 3.39. The number of carbonyl (C=O) groups excluding carboxylic acids is 1. The predicted molar refractivity (Wildman–Crippen MR) is 79.4 cm³/mol. The molecule has 5 nitrogen and oxygen atoms in total. The van der Waals surface area contributed by atoms with E-state index in [1.807, 2.05) is 12.1 Å². The third kappa shape index (κ3) is 2.62. The number of furan rings is 1. The minimum absolute atomic E-state index is 0.165. The molecule has 0 bridgehead atoms. The quantitative estimate of drug-likeness (QED) is 0.572. The average Bonchev–Trinajstić information content (AvgIpc) is 2.85. The van der Waals surface area contributed by atoms with Gasteiger partial charge in [0.25, 0.3) is 11.9 Å². The van der Waals surface area contributed by atoms with Gasteiger partial charge in [0.2, 0.25) is 0 Å². The number of rotatable bonds is 3. The fourth-order valence-corrected chi connectivity index (χ4v) is 2.00. The average molecular weight is 280 g/mol. The molecule has 1 amide bonds. The van der Waals surface area contributed by atoms with Crippen LogP contribution < -0.4 is 5.43 Å². The van der Waals surface area contributed by atoms with Gasteiger partial charge in [-0.05, 0) is 18.2 Å². The first-order valence-electron chi connectivity index (χ1n) is 6.34. The number of hydrogen-bond donors (Lipinski definition) is 2. The van der Waals surface area contributed by atoms with E-state index in [0.29, 0.717) is 16.7 Å². The Morgan fingerprint density at radius 1 is 1.05 bits per heavy atom. The van der Waals surface area contributed by atoms with Crippen LogP contribution in [-0.4, -0.2) is 17.2 Å². The first-order chi connectivity index (χ1) is 10.3. The van der Waals surface area contributed by atoms with Gasteiger partial charge in [-0.15, -0.1) is 0 Å². The van der Waals surface area contributed by atoms with Crippen LogP contribution in [0, 0.1) is 0 Å². The monoisotopic (exact) mass is 280 g/mol. The molecule has 2 aromatic carbocycles. The van der Waals surface area contributed by atoms with Crippen LogP contribution in [0.1, 0.15) is 16.1 Å². The van der Waals surface area contributed by atoms with Gasteiger partial charge >= 0.3 is 0 Å². The Morgan fingerprint density at radius 3 is 2.48 bits per heavy atom. The number of hydrogen-bond acceptors (Lipinski definition) is 4. The second-order valence-corrected chi connectivity index (χ2v) is 4.38. The molecular formula is C16H12N2O3. The minimum Gasteiger partial charge on any atom is -0.480 e. The van der Waals surface area contributed by atoms with Gasteiger partial charge in [0, 0.05) is 10.9 Å². The first kappa shape index (κ1) is 12.9. The first-order valence-corrected chi connectivity index (χ1v) is 6.34. The molecule has 1 aromatic heterocycles. The topological polar surface area (TPSA) is 74.8 Å². The van der Waals surface area contributed by atoms with E-state index in [1.54, 1.807) is 42.5 Å². The van der Waals surface area contributed by atoms with Crippen LogP contribution in [0.5, 0.6) is 5.95 Å². The molecule has 21 heavy (non-hydrogen) atoms. The van der Waals surface area contributed by atoms with Crippen LogP contribution in [0.2, 0.25) is 0 Å². The van der Waals surface area contributed by atoms with Crippen molar-refractivity contribution in [3.05, 3.63) is 65.9 Å². The van der Waals surface area contributed by atoms with Gasteiger partial charge in [-0.2, -0.15) is 5.10 Å². The Bertz CT molecular complexity index is 807. The predicted octanol–water partition coefficient (Wildman–Crippen LogP) is 2.90.